The molecule has 0 N–H and O–H groups in total. The van der Waals surface area contributed by atoms with Crippen molar-refractivity contribution in [1.29, 1.82) is 0 Å². The number of rotatable bonds is 18. The van der Waals surface area contributed by atoms with Gasteiger partial charge in [0.15, 0.2) is 0 Å². The Morgan fingerprint density at radius 3 is 1.42 bits per heavy atom. The van der Waals surface area contributed by atoms with Crippen LogP contribution in [-0.4, -0.2) is 5.78 Å². The van der Waals surface area contributed by atoms with Crippen molar-refractivity contribution < 1.29 is 4.79 Å². The van der Waals surface area contributed by atoms with Crippen LogP contribution in [0, 0.1) is 5.41 Å². The molecule has 0 aliphatic heterocycles. The van der Waals surface area contributed by atoms with Crippen molar-refractivity contribution in [2.24, 2.45) is 5.41 Å². The molecule has 0 rings (SSSR count). The fourth-order valence-corrected chi connectivity index (χ4v) is 3.62. The summed E-state index contributed by atoms with van der Waals surface area (Å²) < 4.78 is 0. The van der Waals surface area contributed by atoms with Gasteiger partial charge in [-0.2, -0.15) is 0 Å². The van der Waals surface area contributed by atoms with Crippen molar-refractivity contribution in [3.63, 3.8) is 0 Å². The first-order valence-corrected chi connectivity index (χ1v) is 10.8. The van der Waals surface area contributed by atoms with Crippen molar-refractivity contribution in [3.8, 4) is 0 Å². The van der Waals surface area contributed by atoms with Crippen LogP contribution >= 0.6 is 0 Å². The molecule has 0 radical (unpaired) electrons. The van der Waals surface area contributed by atoms with E-state index >= 15 is 0 Å². The highest BCUT2D eigenvalue weighted by Gasteiger charge is 2.30. The van der Waals surface area contributed by atoms with Crippen LogP contribution in [0.3, 0.4) is 0 Å². The molecule has 0 fully saturated rings. The van der Waals surface area contributed by atoms with Gasteiger partial charge in [-0.1, -0.05) is 110 Å². The third kappa shape index (κ3) is 11.0. The Bertz CT molecular complexity index is 307. The third-order valence-electron chi connectivity index (χ3n) is 5.54. The van der Waals surface area contributed by atoms with Crippen LogP contribution in [0.25, 0.3) is 0 Å². The Hall–Kier alpha value is -0.590. The fraction of sp³-hybridized carbons (Fsp3) is 0.870. The van der Waals surface area contributed by atoms with Gasteiger partial charge in [0, 0.05) is 5.41 Å². The molecule has 1 nitrogen and oxygen atoms in total. The van der Waals surface area contributed by atoms with Crippen molar-refractivity contribution in [2.75, 3.05) is 0 Å². The fourth-order valence-electron chi connectivity index (χ4n) is 3.62. The van der Waals surface area contributed by atoms with Crippen LogP contribution in [0.2, 0.25) is 0 Å². The molecule has 0 aromatic heterocycles. The Balaban J connectivity index is 3.76. The summed E-state index contributed by atoms with van der Waals surface area (Å²) in [5.41, 5.74) is -0.242. The molecule has 0 bridgehead atoms. The predicted molar refractivity (Wildman–Crippen MR) is 109 cm³/mol. The van der Waals surface area contributed by atoms with Crippen LogP contribution in [0.15, 0.2) is 12.7 Å². The molecule has 0 amide bonds. The predicted octanol–water partition coefficient (Wildman–Crippen LogP) is 8.03. The summed E-state index contributed by atoms with van der Waals surface area (Å²) >= 11 is 0. The van der Waals surface area contributed by atoms with Gasteiger partial charge in [-0.05, 0) is 19.8 Å². The summed E-state index contributed by atoms with van der Waals surface area (Å²) in [5, 5.41) is 0. The Kier molecular flexibility index (Phi) is 15.5. The summed E-state index contributed by atoms with van der Waals surface area (Å²) in [6.45, 7) is 10.2. The van der Waals surface area contributed by atoms with Crippen LogP contribution in [0.5, 0.6) is 0 Å². The molecule has 24 heavy (non-hydrogen) atoms. The Morgan fingerprint density at radius 2 is 1.04 bits per heavy atom. The molecule has 142 valence electrons. The monoisotopic (exact) mass is 336 g/mol. The molecular weight excluding hydrogens is 292 g/mol. The molecule has 0 aliphatic carbocycles. The van der Waals surface area contributed by atoms with E-state index in [1.165, 1.54) is 83.5 Å². The Labute approximate surface area is 152 Å². The lowest BCUT2D eigenvalue weighted by molar-refractivity contribution is -0.124. The van der Waals surface area contributed by atoms with E-state index in [4.69, 9.17) is 0 Å². The lowest BCUT2D eigenvalue weighted by atomic mass is 9.75. The van der Waals surface area contributed by atoms with E-state index in [9.17, 15) is 4.79 Å². The molecule has 0 heterocycles. The number of carbonyl (C=O) groups is 1. The summed E-state index contributed by atoms with van der Waals surface area (Å²) in [6, 6.07) is 0. The molecule has 1 atom stereocenters. The van der Waals surface area contributed by atoms with Gasteiger partial charge in [-0.25, -0.2) is 0 Å². The SMILES string of the molecule is C=CC(CCCCC)(CCCCCCCCCCCCC)C(C)=O. The zero-order valence-corrected chi connectivity index (χ0v) is 17.0. The van der Waals surface area contributed by atoms with Gasteiger partial charge in [-0.3, -0.25) is 4.79 Å². The summed E-state index contributed by atoms with van der Waals surface area (Å²) in [6.07, 6.45) is 22.5. The number of hydrogen-bond donors (Lipinski definition) is 0. The van der Waals surface area contributed by atoms with E-state index in [-0.39, 0.29) is 5.41 Å². The average molecular weight is 337 g/mol. The highest BCUT2D eigenvalue weighted by Crippen LogP contribution is 2.34. The average Bonchev–Trinajstić information content (AvgIpc) is 2.58. The maximum Gasteiger partial charge on any atom is 0.139 e. The van der Waals surface area contributed by atoms with Crippen molar-refractivity contribution >= 4 is 5.78 Å². The number of unbranched alkanes of at least 4 members (excludes halogenated alkanes) is 12. The van der Waals surface area contributed by atoms with Gasteiger partial charge < -0.3 is 0 Å². The third-order valence-corrected chi connectivity index (χ3v) is 5.54. The van der Waals surface area contributed by atoms with Gasteiger partial charge in [0.1, 0.15) is 5.78 Å². The number of ketones is 1. The lowest BCUT2D eigenvalue weighted by Gasteiger charge is -2.28. The molecular formula is C23H44O. The number of hydrogen-bond acceptors (Lipinski definition) is 1. The van der Waals surface area contributed by atoms with Crippen LogP contribution < -0.4 is 0 Å². The first-order chi connectivity index (χ1) is 11.6. The minimum absolute atomic E-state index is 0.242. The zero-order chi connectivity index (χ0) is 18.1. The molecule has 0 aliphatic rings. The maximum absolute atomic E-state index is 12.1. The molecule has 0 aromatic carbocycles. The molecule has 1 unspecified atom stereocenters. The highest BCUT2D eigenvalue weighted by molar-refractivity contribution is 5.84. The van der Waals surface area contributed by atoms with Crippen molar-refractivity contribution in [3.05, 3.63) is 12.7 Å². The van der Waals surface area contributed by atoms with Gasteiger partial charge in [-0.15, -0.1) is 6.58 Å². The van der Waals surface area contributed by atoms with E-state index in [0.29, 0.717) is 5.78 Å². The van der Waals surface area contributed by atoms with E-state index in [1.54, 1.807) is 6.92 Å². The number of allylic oxidation sites excluding steroid dienone is 1. The number of carbonyl (C=O) groups excluding carboxylic acids is 1. The minimum Gasteiger partial charge on any atom is -0.299 e. The van der Waals surface area contributed by atoms with Crippen molar-refractivity contribution in [2.45, 2.75) is 124 Å². The standard InChI is InChI=1S/C23H44O/c1-5-8-10-11-12-13-14-15-16-17-19-21-23(7-3,22(4)24)20-18-9-6-2/h7H,3,5-6,8-21H2,1-2,4H3. The molecule has 0 saturated carbocycles. The van der Waals surface area contributed by atoms with Crippen LogP contribution in [-0.2, 0) is 4.79 Å². The summed E-state index contributed by atoms with van der Waals surface area (Å²) in [7, 11) is 0. The largest absolute Gasteiger partial charge is 0.299 e. The van der Waals surface area contributed by atoms with Gasteiger partial charge in [0.05, 0.1) is 0 Å². The van der Waals surface area contributed by atoms with Gasteiger partial charge in [0.25, 0.3) is 0 Å². The summed E-state index contributed by atoms with van der Waals surface area (Å²) in [4.78, 5) is 12.1. The van der Waals surface area contributed by atoms with Gasteiger partial charge >= 0.3 is 0 Å². The lowest BCUT2D eigenvalue weighted by Crippen LogP contribution is -2.26. The smallest absolute Gasteiger partial charge is 0.139 e. The van der Waals surface area contributed by atoms with Crippen LogP contribution in [0.1, 0.15) is 124 Å². The topological polar surface area (TPSA) is 17.1 Å². The van der Waals surface area contributed by atoms with E-state index < -0.39 is 0 Å². The van der Waals surface area contributed by atoms with E-state index in [2.05, 4.69) is 20.4 Å². The second-order valence-corrected chi connectivity index (χ2v) is 7.66. The second-order valence-electron chi connectivity index (χ2n) is 7.66. The molecule has 0 spiro atoms. The normalized spacial score (nSPS) is 13.6. The van der Waals surface area contributed by atoms with Crippen LogP contribution in [0.4, 0.5) is 0 Å². The van der Waals surface area contributed by atoms with Crippen molar-refractivity contribution in [1.82, 2.24) is 0 Å². The zero-order valence-electron chi connectivity index (χ0n) is 17.0. The first kappa shape index (κ1) is 23.4. The van der Waals surface area contributed by atoms with E-state index in [1.807, 2.05) is 6.08 Å². The molecule has 1 heteroatoms. The minimum atomic E-state index is -0.242. The summed E-state index contributed by atoms with van der Waals surface area (Å²) in [5.74, 6) is 0.320. The first-order valence-electron chi connectivity index (χ1n) is 10.8. The number of Topliss-reactive ketones (excluding diaryl/α,β-unsaturated/α-hetero) is 1. The van der Waals surface area contributed by atoms with Gasteiger partial charge in [0.2, 0.25) is 0 Å². The van der Waals surface area contributed by atoms with E-state index in [0.717, 1.165) is 19.3 Å². The molecule has 0 aromatic rings. The molecule has 0 saturated heterocycles. The second kappa shape index (κ2) is 15.9. The maximum atomic E-state index is 12.1. The highest BCUT2D eigenvalue weighted by atomic mass is 16.1. The quantitative estimate of drug-likeness (QED) is 0.183. The Morgan fingerprint density at radius 1 is 0.708 bits per heavy atom.